The van der Waals surface area contributed by atoms with Crippen LogP contribution >= 0.6 is 11.3 Å². The summed E-state index contributed by atoms with van der Waals surface area (Å²) >= 11 is 1.56. The van der Waals surface area contributed by atoms with Crippen LogP contribution in [0, 0.1) is 10.1 Å². The van der Waals surface area contributed by atoms with E-state index in [9.17, 15) is 14.9 Å². The Morgan fingerprint density at radius 3 is 2.75 bits per heavy atom. The normalized spacial score (nSPS) is 11.8. The van der Waals surface area contributed by atoms with Gasteiger partial charge in [-0.1, -0.05) is 24.3 Å². The molecule has 0 radical (unpaired) electrons. The molecule has 0 aliphatic rings. The van der Waals surface area contributed by atoms with Crippen LogP contribution in [0.5, 0.6) is 0 Å². The summed E-state index contributed by atoms with van der Waals surface area (Å²) in [5, 5.41) is 15.7. The van der Waals surface area contributed by atoms with Crippen molar-refractivity contribution < 1.29 is 9.72 Å². The molecule has 0 spiro atoms. The van der Waals surface area contributed by atoms with E-state index in [1.165, 1.54) is 6.07 Å². The lowest BCUT2D eigenvalue weighted by Crippen LogP contribution is -2.27. The van der Waals surface area contributed by atoms with Gasteiger partial charge in [-0.25, -0.2) is 0 Å². The Hall–Kier alpha value is -2.21. The summed E-state index contributed by atoms with van der Waals surface area (Å²) in [5.74, 6) is -0.222. The molecule has 0 fully saturated rings. The van der Waals surface area contributed by atoms with E-state index >= 15 is 0 Å². The predicted molar refractivity (Wildman–Crippen MR) is 77.7 cm³/mol. The molecule has 0 saturated heterocycles. The summed E-state index contributed by atoms with van der Waals surface area (Å²) in [4.78, 5) is 23.4. The summed E-state index contributed by atoms with van der Waals surface area (Å²) < 4.78 is 0. The maximum Gasteiger partial charge on any atom is 0.273 e. The molecule has 1 aromatic heterocycles. The Kier molecular flexibility index (Phi) is 4.47. The third-order valence-electron chi connectivity index (χ3n) is 2.89. The Morgan fingerprint density at radius 2 is 2.10 bits per heavy atom. The van der Waals surface area contributed by atoms with Crippen LogP contribution in [0.2, 0.25) is 0 Å². The van der Waals surface area contributed by atoms with E-state index in [0.717, 1.165) is 4.88 Å². The van der Waals surface area contributed by atoms with Crippen molar-refractivity contribution in [1.29, 1.82) is 0 Å². The average Bonchev–Trinajstić information content (AvgIpc) is 2.92. The van der Waals surface area contributed by atoms with Crippen molar-refractivity contribution in [3.8, 4) is 0 Å². The van der Waals surface area contributed by atoms with Gasteiger partial charge in [0.25, 0.3) is 5.69 Å². The summed E-state index contributed by atoms with van der Waals surface area (Å²) in [6, 6.07) is 10.1. The Morgan fingerprint density at radius 1 is 1.35 bits per heavy atom. The molecule has 2 aromatic rings. The second kappa shape index (κ2) is 6.29. The number of para-hydroxylation sites is 1. The van der Waals surface area contributed by atoms with E-state index in [2.05, 4.69) is 5.32 Å². The molecule has 0 saturated carbocycles. The number of nitro benzene ring substituents is 1. The van der Waals surface area contributed by atoms with Crippen molar-refractivity contribution in [3.63, 3.8) is 0 Å². The van der Waals surface area contributed by atoms with Gasteiger partial charge in [0.2, 0.25) is 5.91 Å². The van der Waals surface area contributed by atoms with E-state index in [0.29, 0.717) is 5.56 Å². The highest BCUT2D eigenvalue weighted by atomic mass is 32.1. The molecule has 6 heteroatoms. The first-order chi connectivity index (χ1) is 9.58. The maximum atomic E-state index is 12.0. The number of carbonyl (C=O) groups is 1. The molecule has 0 aliphatic heterocycles. The molecule has 1 unspecified atom stereocenters. The van der Waals surface area contributed by atoms with Crippen LogP contribution in [0.4, 0.5) is 5.69 Å². The van der Waals surface area contributed by atoms with Crippen molar-refractivity contribution >= 4 is 22.9 Å². The van der Waals surface area contributed by atoms with Crippen molar-refractivity contribution in [1.82, 2.24) is 5.32 Å². The van der Waals surface area contributed by atoms with Gasteiger partial charge in [0.15, 0.2) is 0 Å². The molecular weight excluding hydrogens is 276 g/mol. The molecular formula is C14H14N2O3S. The number of nitrogens with one attached hydrogen (secondary N) is 1. The number of thiophene rings is 1. The van der Waals surface area contributed by atoms with Gasteiger partial charge in [-0.05, 0) is 18.4 Å². The SMILES string of the molecule is CC(NC(=O)Cc1ccccc1[N+](=O)[O-])c1cccs1. The van der Waals surface area contributed by atoms with Gasteiger partial charge in [-0.3, -0.25) is 14.9 Å². The van der Waals surface area contributed by atoms with Crippen LogP contribution in [-0.2, 0) is 11.2 Å². The fraction of sp³-hybridized carbons (Fsp3) is 0.214. The molecule has 104 valence electrons. The van der Waals surface area contributed by atoms with Crippen molar-refractivity contribution in [2.45, 2.75) is 19.4 Å². The average molecular weight is 290 g/mol. The number of benzene rings is 1. The van der Waals surface area contributed by atoms with E-state index in [-0.39, 0.29) is 24.1 Å². The minimum absolute atomic E-state index is 0.00681. The fourth-order valence-corrected chi connectivity index (χ4v) is 2.65. The molecule has 5 nitrogen and oxygen atoms in total. The third-order valence-corrected chi connectivity index (χ3v) is 3.94. The number of nitrogens with zero attached hydrogens (tertiary/aromatic N) is 1. The quantitative estimate of drug-likeness (QED) is 0.679. The molecule has 1 aromatic carbocycles. The highest BCUT2D eigenvalue weighted by Gasteiger charge is 2.17. The molecule has 0 aliphatic carbocycles. The number of amides is 1. The molecule has 1 amide bonds. The number of hydrogen-bond donors (Lipinski definition) is 1. The molecule has 1 heterocycles. The first-order valence-electron chi connectivity index (χ1n) is 6.13. The number of hydrogen-bond acceptors (Lipinski definition) is 4. The van der Waals surface area contributed by atoms with Crippen molar-refractivity contribution in [3.05, 3.63) is 62.3 Å². The van der Waals surface area contributed by atoms with E-state index in [4.69, 9.17) is 0 Å². The summed E-state index contributed by atoms with van der Waals surface area (Å²) in [5.41, 5.74) is 0.403. The van der Waals surface area contributed by atoms with Gasteiger partial charge >= 0.3 is 0 Å². The first-order valence-corrected chi connectivity index (χ1v) is 7.01. The van der Waals surface area contributed by atoms with Crippen LogP contribution < -0.4 is 5.32 Å². The largest absolute Gasteiger partial charge is 0.348 e. The monoisotopic (exact) mass is 290 g/mol. The third kappa shape index (κ3) is 3.42. The van der Waals surface area contributed by atoms with Gasteiger partial charge in [-0.15, -0.1) is 11.3 Å². The highest BCUT2D eigenvalue weighted by Crippen LogP contribution is 2.20. The zero-order valence-electron chi connectivity index (χ0n) is 10.9. The molecule has 20 heavy (non-hydrogen) atoms. The molecule has 1 N–H and O–H groups in total. The summed E-state index contributed by atoms with van der Waals surface area (Å²) in [6.07, 6.45) is 0.00681. The van der Waals surface area contributed by atoms with Gasteiger partial charge in [0.1, 0.15) is 0 Å². The summed E-state index contributed by atoms with van der Waals surface area (Å²) in [7, 11) is 0. The fourth-order valence-electron chi connectivity index (χ4n) is 1.91. The molecule has 0 bridgehead atoms. The first kappa shape index (κ1) is 14.2. The van der Waals surface area contributed by atoms with Crippen LogP contribution in [0.3, 0.4) is 0 Å². The van der Waals surface area contributed by atoms with Gasteiger partial charge in [-0.2, -0.15) is 0 Å². The van der Waals surface area contributed by atoms with Crippen LogP contribution in [0.25, 0.3) is 0 Å². The lowest BCUT2D eigenvalue weighted by atomic mass is 10.1. The number of nitro groups is 1. The van der Waals surface area contributed by atoms with Crippen LogP contribution in [0.1, 0.15) is 23.4 Å². The molecule has 2 rings (SSSR count). The van der Waals surface area contributed by atoms with Crippen molar-refractivity contribution in [2.24, 2.45) is 0 Å². The van der Waals surface area contributed by atoms with Gasteiger partial charge in [0, 0.05) is 16.5 Å². The van der Waals surface area contributed by atoms with Crippen LogP contribution in [0.15, 0.2) is 41.8 Å². The smallest absolute Gasteiger partial charge is 0.273 e. The van der Waals surface area contributed by atoms with Crippen LogP contribution in [-0.4, -0.2) is 10.8 Å². The van der Waals surface area contributed by atoms with Gasteiger partial charge in [0.05, 0.1) is 17.4 Å². The Balaban J connectivity index is 2.03. The zero-order chi connectivity index (χ0) is 14.5. The van der Waals surface area contributed by atoms with E-state index < -0.39 is 4.92 Å². The van der Waals surface area contributed by atoms with Gasteiger partial charge < -0.3 is 5.32 Å². The lowest BCUT2D eigenvalue weighted by molar-refractivity contribution is -0.385. The minimum atomic E-state index is -0.467. The highest BCUT2D eigenvalue weighted by molar-refractivity contribution is 7.10. The minimum Gasteiger partial charge on any atom is -0.348 e. The Bertz CT molecular complexity index is 611. The summed E-state index contributed by atoms with van der Waals surface area (Å²) in [6.45, 7) is 1.89. The standard InChI is InChI=1S/C14H14N2O3S/c1-10(13-7-4-8-20-13)15-14(17)9-11-5-2-3-6-12(11)16(18)19/h2-8,10H,9H2,1H3,(H,15,17). The zero-order valence-corrected chi connectivity index (χ0v) is 11.7. The number of carbonyl (C=O) groups excluding carboxylic acids is 1. The van der Waals surface area contributed by atoms with Crippen molar-refractivity contribution in [2.75, 3.05) is 0 Å². The number of rotatable bonds is 5. The topological polar surface area (TPSA) is 72.2 Å². The Labute approximate surface area is 120 Å². The maximum absolute atomic E-state index is 12.0. The van der Waals surface area contributed by atoms with E-state index in [1.54, 1.807) is 29.5 Å². The molecule has 1 atom stereocenters. The lowest BCUT2D eigenvalue weighted by Gasteiger charge is -2.12. The predicted octanol–water partition coefficient (Wildman–Crippen LogP) is 3.08. The van der Waals surface area contributed by atoms with E-state index in [1.807, 2.05) is 24.4 Å². The second-order valence-electron chi connectivity index (χ2n) is 4.37. The second-order valence-corrected chi connectivity index (χ2v) is 5.35.